The number of hydrogen-bond acceptors (Lipinski definition) is 5. The summed E-state index contributed by atoms with van der Waals surface area (Å²) < 4.78 is 1.55. The average molecular weight is 247 g/mol. The van der Waals surface area contributed by atoms with Crippen molar-refractivity contribution in [2.75, 3.05) is 0 Å². The van der Waals surface area contributed by atoms with Gasteiger partial charge in [0.05, 0.1) is 5.75 Å². The van der Waals surface area contributed by atoms with Crippen LogP contribution in [0.1, 0.15) is 19.2 Å². The third-order valence-corrected chi connectivity index (χ3v) is 3.22. The first kappa shape index (κ1) is 10.8. The number of halogens is 1. The standard InChI is InChI=1S/C8H11ClN4OS/c1-5-3-7(12-14-5)15-4-6-10-8(9)13(2)11-6/h5H,3-4H2,1-2H3. The SMILES string of the molecule is CC1CC(SCc2nc(Cl)n(C)n2)=NO1. The van der Waals surface area contributed by atoms with Crippen LogP contribution < -0.4 is 0 Å². The van der Waals surface area contributed by atoms with Gasteiger partial charge < -0.3 is 4.84 Å². The molecule has 0 aliphatic carbocycles. The van der Waals surface area contributed by atoms with E-state index in [2.05, 4.69) is 15.2 Å². The molecule has 0 aromatic carbocycles. The second-order valence-corrected chi connectivity index (χ2v) is 4.70. The fraction of sp³-hybridized carbons (Fsp3) is 0.625. The smallest absolute Gasteiger partial charge is 0.220 e. The summed E-state index contributed by atoms with van der Waals surface area (Å²) in [6.45, 7) is 1.99. The van der Waals surface area contributed by atoms with Crippen molar-refractivity contribution in [1.29, 1.82) is 0 Å². The number of aromatic nitrogens is 3. The van der Waals surface area contributed by atoms with E-state index in [0.717, 1.165) is 17.3 Å². The van der Waals surface area contributed by atoms with E-state index in [9.17, 15) is 0 Å². The van der Waals surface area contributed by atoms with Crippen molar-refractivity contribution in [2.45, 2.75) is 25.2 Å². The Bertz CT molecular complexity index is 372. The van der Waals surface area contributed by atoms with E-state index in [0.29, 0.717) is 11.0 Å². The minimum absolute atomic E-state index is 0.188. The van der Waals surface area contributed by atoms with Crippen LogP contribution in [0.2, 0.25) is 5.28 Å². The van der Waals surface area contributed by atoms with Gasteiger partial charge in [0.1, 0.15) is 11.1 Å². The highest BCUT2D eigenvalue weighted by Gasteiger charge is 2.17. The lowest BCUT2D eigenvalue weighted by Crippen LogP contribution is -1.99. The summed E-state index contributed by atoms with van der Waals surface area (Å²) in [5.41, 5.74) is 0. The highest BCUT2D eigenvalue weighted by Crippen LogP contribution is 2.21. The number of aryl methyl sites for hydroxylation is 1. The number of thioether (sulfide) groups is 1. The van der Waals surface area contributed by atoms with E-state index in [1.165, 1.54) is 0 Å². The molecular formula is C8H11ClN4OS. The van der Waals surface area contributed by atoms with Crippen LogP contribution in [0.5, 0.6) is 0 Å². The van der Waals surface area contributed by atoms with Crippen molar-refractivity contribution in [3.05, 3.63) is 11.1 Å². The van der Waals surface area contributed by atoms with Crippen LogP contribution in [-0.2, 0) is 17.6 Å². The second-order valence-electron chi connectivity index (χ2n) is 3.31. The zero-order valence-electron chi connectivity index (χ0n) is 8.47. The van der Waals surface area contributed by atoms with Gasteiger partial charge in [-0.25, -0.2) is 9.67 Å². The molecule has 2 heterocycles. The Morgan fingerprint density at radius 2 is 2.47 bits per heavy atom. The van der Waals surface area contributed by atoms with Gasteiger partial charge in [0.25, 0.3) is 0 Å². The minimum Gasteiger partial charge on any atom is -0.392 e. The summed E-state index contributed by atoms with van der Waals surface area (Å²) in [5.74, 6) is 1.39. The topological polar surface area (TPSA) is 52.3 Å². The van der Waals surface area contributed by atoms with Crippen LogP contribution in [-0.4, -0.2) is 25.9 Å². The van der Waals surface area contributed by atoms with Gasteiger partial charge in [-0.15, -0.1) is 0 Å². The normalized spacial score (nSPS) is 20.2. The van der Waals surface area contributed by atoms with Gasteiger partial charge >= 0.3 is 0 Å². The lowest BCUT2D eigenvalue weighted by atomic mass is 10.3. The number of hydrogen-bond donors (Lipinski definition) is 0. The fourth-order valence-electron chi connectivity index (χ4n) is 1.18. The summed E-state index contributed by atoms with van der Waals surface area (Å²) in [5, 5.41) is 9.49. The first-order valence-electron chi connectivity index (χ1n) is 4.56. The third kappa shape index (κ3) is 2.63. The van der Waals surface area contributed by atoms with Gasteiger partial charge in [-0.1, -0.05) is 16.9 Å². The summed E-state index contributed by atoms with van der Waals surface area (Å²) in [4.78, 5) is 9.17. The summed E-state index contributed by atoms with van der Waals surface area (Å²) >= 11 is 7.36. The van der Waals surface area contributed by atoms with E-state index in [1.807, 2.05) is 6.92 Å². The summed E-state index contributed by atoms with van der Waals surface area (Å²) in [6, 6.07) is 0. The zero-order valence-corrected chi connectivity index (χ0v) is 10.0. The van der Waals surface area contributed by atoms with Gasteiger partial charge in [0.2, 0.25) is 5.28 Å². The molecule has 2 rings (SSSR count). The van der Waals surface area contributed by atoms with Crippen molar-refractivity contribution in [2.24, 2.45) is 12.2 Å². The van der Waals surface area contributed by atoms with E-state index in [-0.39, 0.29) is 6.10 Å². The van der Waals surface area contributed by atoms with Crippen LogP contribution in [0.15, 0.2) is 5.16 Å². The Balaban J connectivity index is 1.88. The summed E-state index contributed by atoms with van der Waals surface area (Å²) in [7, 11) is 1.77. The Morgan fingerprint density at radius 3 is 3.00 bits per heavy atom. The fourth-order valence-corrected chi connectivity index (χ4v) is 2.18. The van der Waals surface area contributed by atoms with Crippen LogP contribution in [0.25, 0.3) is 0 Å². The Kier molecular flexibility index (Phi) is 3.16. The highest BCUT2D eigenvalue weighted by molar-refractivity contribution is 8.13. The molecule has 5 nitrogen and oxygen atoms in total. The molecular weight excluding hydrogens is 236 g/mol. The van der Waals surface area contributed by atoms with E-state index in [4.69, 9.17) is 16.4 Å². The molecule has 1 aliphatic rings. The summed E-state index contributed by atoms with van der Waals surface area (Å²) in [6.07, 6.45) is 1.05. The van der Waals surface area contributed by atoms with Crippen molar-refractivity contribution in [1.82, 2.24) is 14.8 Å². The van der Waals surface area contributed by atoms with Crippen molar-refractivity contribution >= 4 is 28.4 Å². The van der Waals surface area contributed by atoms with Gasteiger partial charge in [-0.2, -0.15) is 5.10 Å². The molecule has 7 heteroatoms. The molecule has 1 unspecified atom stereocenters. The van der Waals surface area contributed by atoms with Gasteiger partial charge in [-0.05, 0) is 18.5 Å². The molecule has 0 spiro atoms. The van der Waals surface area contributed by atoms with Crippen molar-refractivity contribution in [3.63, 3.8) is 0 Å². The first-order valence-corrected chi connectivity index (χ1v) is 5.92. The van der Waals surface area contributed by atoms with E-state index in [1.54, 1.807) is 23.5 Å². The Labute approximate surface area is 96.8 Å². The molecule has 0 bridgehead atoms. The molecule has 1 aromatic heterocycles. The molecule has 0 fully saturated rings. The molecule has 1 aromatic rings. The molecule has 15 heavy (non-hydrogen) atoms. The predicted molar refractivity (Wildman–Crippen MR) is 59.9 cm³/mol. The average Bonchev–Trinajstić information content (AvgIpc) is 2.72. The lowest BCUT2D eigenvalue weighted by molar-refractivity contribution is 0.0996. The molecule has 82 valence electrons. The zero-order chi connectivity index (χ0) is 10.8. The maximum Gasteiger partial charge on any atom is 0.220 e. The maximum atomic E-state index is 5.77. The van der Waals surface area contributed by atoms with Crippen molar-refractivity contribution < 1.29 is 4.84 Å². The van der Waals surface area contributed by atoms with Gasteiger partial charge in [-0.3, -0.25) is 0 Å². The predicted octanol–water partition coefficient (Wildman–Crippen LogP) is 1.82. The number of rotatable bonds is 2. The second kappa shape index (κ2) is 4.40. The number of oxime groups is 1. The first-order chi connectivity index (χ1) is 7.15. The molecule has 0 radical (unpaired) electrons. The maximum absolute atomic E-state index is 5.77. The van der Waals surface area contributed by atoms with Crippen LogP contribution in [0.4, 0.5) is 0 Å². The quantitative estimate of drug-likeness (QED) is 0.799. The molecule has 0 saturated heterocycles. The van der Waals surface area contributed by atoms with Gasteiger partial charge in [0.15, 0.2) is 5.82 Å². The van der Waals surface area contributed by atoms with Gasteiger partial charge in [0, 0.05) is 13.5 Å². The molecule has 0 N–H and O–H groups in total. The van der Waals surface area contributed by atoms with Crippen LogP contribution in [0, 0.1) is 0 Å². The largest absolute Gasteiger partial charge is 0.392 e. The highest BCUT2D eigenvalue weighted by atomic mass is 35.5. The van der Waals surface area contributed by atoms with Crippen LogP contribution in [0.3, 0.4) is 0 Å². The van der Waals surface area contributed by atoms with E-state index >= 15 is 0 Å². The molecule has 1 aliphatic heterocycles. The number of nitrogens with zero attached hydrogens (tertiary/aromatic N) is 4. The molecule has 0 saturated carbocycles. The molecule has 0 amide bonds. The Hall–Kier alpha value is -0.750. The molecule has 1 atom stereocenters. The lowest BCUT2D eigenvalue weighted by Gasteiger charge is -1.96. The third-order valence-electron chi connectivity index (χ3n) is 1.92. The van der Waals surface area contributed by atoms with Crippen LogP contribution >= 0.6 is 23.4 Å². The van der Waals surface area contributed by atoms with Crippen molar-refractivity contribution in [3.8, 4) is 0 Å². The van der Waals surface area contributed by atoms with E-state index < -0.39 is 0 Å². The minimum atomic E-state index is 0.188. The monoisotopic (exact) mass is 246 g/mol. The Morgan fingerprint density at radius 1 is 1.67 bits per heavy atom.